The highest BCUT2D eigenvalue weighted by molar-refractivity contribution is 5.77. The van der Waals surface area contributed by atoms with Crippen LogP contribution in [0.4, 0.5) is 0 Å². The molecule has 94 valence electrons. The minimum absolute atomic E-state index is 0.0556. The molecule has 0 aliphatic heterocycles. The first-order valence-electron chi connectivity index (χ1n) is 6.08. The fourth-order valence-electron chi connectivity index (χ4n) is 1.45. The third kappa shape index (κ3) is 4.49. The summed E-state index contributed by atoms with van der Waals surface area (Å²) in [5.74, 6) is 0.353. The molecule has 0 spiro atoms. The summed E-state index contributed by atoms with van der Waals surface area (Å²) < 4.78 is 5.36. The van der Waals surface area contributed by atoms with E-state index in [-0.39, 0.29) is 24.7 Å². The van der Waals surface area contributed by atoms with Crippen LogP contribution in [-0.2, 0) is 9.53 Å². The lowest BCUT2D eigenvalue weighted by atomic mass is 10.2. The number of carbonyl (C=O) groups excluding carboxylic acids is 1. The van der Waals surface area contributed by atoms with E-state index in [0.29, 0.717) is 12.5 Å². The molecule has 4 heteroatoms. The van der Waals surface area contributed by atoms with Crippen LogP contribution in [0.3, 0.4) is 0 Å². The fourth-order valence-corrected chi connectivity index (χ4v) is 1.45. The van der Waals surface area contributed by atoms with Crippen molar-refractivity contribution in [2.75, 3.05) is 20.2 Å². The van der Waals surface area contributed by atoms with E-state index in [1.54, 1.807) is 11.9 Å². The Morgan fingerprint density at radius 1 is 1.56 bits per heavy atom. The van der Waals surface area contributed by atoms with Gasteiger partial charge >= 0.3 is 0 Å². The lowest BCUT2D eigenvalue weighted by Gasteiger charge is -2.21. The molecule has 0 aromatic carbocycles. The minimum atomic E-state index is -0.363. The topological polar surface area (TPSA) is 49.8 Å². The van der Waals surface area contributed by atoms with Gasteiger partial charge in [-0.2, -0.15) is 0 Å². The van der Waals surface area contributed by atoms with E-state index in [9.17, 15) is 9.90 Å². The number of hydrogen-bond donors (Lipinski definition) is 1. The van der Waals surface area contributed by atoms with Crippen molar-refractivity contribution in [1.29, 1.82) is 0 Å². The van der Waals surface area contributed by atoms with E-state index in [4.69, 9.17) is 4.74 Å². The second-order valence-corrected chi connectivity index (χ2v) is 4.71. The molecule has 4 nitrogen and oxygen atoms in total. The maximum atomic E-state index is 11.6. The predicted molar refractivity (Wildman–Crippen MR) is 62.1 cm³/mol. The Labute approximate surface area is 97.6 Å². The van der Waals surface area contributed by atoms with E-state index in [0.717, 1.165) is 19.3 Å². The highest BCUT2D eigenvalue weighted by Crippen LogP contribution is 2.32. The van der Waals surface area contributed by atoms with Crippen molar-refractivity contribution >= 4 is 5.91 Å². The number of aliphatic hydroxyl groups excluding tert-OH is 1. The van der Waals surface area contributed by atoms with Gasteiger partial charge in [-0.1, -0.05) is 6.92 Å². The quantitative estimate of drug-likeness (QED) is 0.709. The van der Waals surface area contributed by atoms with Gasteiger partial charge in [0.15, 0.2) is 0 Å². The van der Waals surface area contributed by atoms with Gasteiger partial charge in [0.25, 0.3) is 0 Å². The standard InChI is InChI=1S/C12H23NO3/c1-4-9(2)16-8-12(15)13(3)7-11(14)10-5-6-10/h9-11,14H,4-8H2,1-3H3. The average Bonchev–Trinajstić information content (AvgIpc) is 3.08. The summed E-state index contributed by atoms with van der Waals surface area (Å²) in [6.45, 7) is 4.51. The zero-order valence-corrected chi connectivity index (χ0v) is 10.5. The lowest BCUT2D eigenvalue weighted by molar-refractivity contribution is -0.138. The van der Waals surface area contributed by atoms with Gasteiger partial charge in [0.1, 0.15) is 6.61 Å². The SMILES string of the molecule is CCC(C)OCC(=O)N(C)CC(O)C1CC1. The molecule has 0 saturated heterocycles. The molecule has 1 rings (SSSR count). The van der Waals surface area contributed by atoms with Gasteiger partial charge < -0.3 is 14.7 Å². The maximum Gasteiger partial charge on any atom is 0.248 e. The number of amides is 1. The molecule has 0 heterocycles. The van der Waals surface area contributed by atoms with Crippen LogP contribution in [0.5, 0.6) is 0 Å². The Bertz CT molecular complexity index is 228. The third-order valence-corrected chi connectivity index (χ3v) is 3.12. The van der Waals surface area contributed by atoms with Gasteiger partial charge in [-0.3, -0.25) is 4.79 Å². The molecule has 1 N–H and O–H groups in total. The largest absolute Gasteiger partial charge is 0.391 e. The molecule has 2 atom stereocenters. The molecule has 0 bridgehead atoms. The number of rotatable bonds is 7. The highest BCUT2D eigenvalue weighted by atomic mass is 16.5. The van der Waals surface area contributed by atoms with Crippen LogP contribution in [0.2, 0.25) is 0 Å². The van der Waals surface area contributed by atoms with E-state index in [1.807, 2.05) is 13.8 Å². The molecule has 1 saturated carbocycles. The van der Waals surface area contributed by atoms with Gasteiger partial charge in [-0.15, -0.1) is 0 Å². The van der Waals surface area contributed by atoms with Crippen LogP contribution in [0.25, 0.3) is 0 Å². The molecule has 1 fully saturated rings. The van der Waals surface area contributed by atoms with Crippen molar-refractivity contribution in [3.8, 4) is 0 Å². The van der Waals surface area contributed by atoms with Crippen LogP contribution in [0, 0.1) is 5.92 Å². The lowest BCUT2D eigenvalue weighted by Crippen LogP contribution is -2.37. The highest BCUT2D eigenvalue weighted by Gasteiger charge is 2.31. The van der Waals surface area contributed by atoms with Gasteiger partial charge in [0, 0.05) is 13.6 Å². The van der Waals surface area contributed by atoms with E-state index >= 15 is 0 Å². The van der Waals surface area contributed by atoms with Gasteiger partial charge in [0.05, 0.1) is 12.2 Å². The number of ether oxygens (including phenoxy) is 1. The molecule has 0 aromatic heterocycles. The number of hydrogen-bond acceptors (Lipinski definition) is 3. The summed E-state index contributed by atoms with van der Waals surface area (Å²) in [7, 11) is 1.72. The first kappa shape index (κ1) is 13.5. The molecule has 0 aromatic rings. The summed E-state index contributed by atoms with van der Waals surface area (Å²) in [5, 5.41) is 9.70. The number of aliphatic hydroxyl groups is 1. The van der Waals surface area contributed by atoms with E-state index < -0.39 is 0 Å². The zero-order chi connectivity index (χ0) is 12.1. The van der Waals surface area contributed by atoms with Crippen molar-refractivity contribution < 1.29 is 14.6 Å². The third-order valence-electron chi connectivity index (χ3n) is 3.12. The Balaban J connectivity index is 2.18. The molecular weight excluding hydrogens is 206 g/mol. The monoisotopic (exact) mass is 229 g/mol. The first-order chi connectivity index (χ1) is 7.54. The second kappa shape index (κ2) is 6.21. The average molecular weight is 229 g/mol. The minimum Gasteiger partial charge on any atom is -0.391 e. The van der Waals surface area contributed by atoms with E-state index in [2.05, 4.69) is 0 Å². The van der Waals surface area contributed by atoms with Gasteiger partial charge in [0.2, 0.25) is 5.91 Å². The molecule has 16 heavy (non-hydrogen) atoms. The second-order valence-electron chi connectivity index (χ2n) is 4.71. The van der Waals surface area contributed by atoms with E-state index in [1.165, 1.54) is 0 Å². The van der Waals surface area contributed by atoms with Crippen molar-refractivity contribution in [3.05, 3.63) is 0 Å². The number of likely N-dealkylation sites (N-methyl/N-ethyl adjacent to an activating group) is 1. The Morgan fingerprint density at radius 2 is 2.19 bits per heavy atom. The summed E-state index contributed by atoms with van der Waals surface area (Å²) in [5.41, 5.74) is 0. The summed E-state index contributed by atoms with van der Waals surface area (Å²) in [6, 6.07) is 0. The van der Waals surface area contributed by atoms with Crippen LogP contribution in [-0.4, -0.2) is 48.3 Å². The van der Waals surface area contributed by atoms with Crippen LogP contribution >= 0.6 is 0 Å². The normalized spacial score (nSPS) is 19.2. The van der Waals surface area contributed by atoms with Crippen molar-refractivity contribution in [1.82, 2.24) is 4.90 Å². The Hall–Kier alpha value is -0.610. The van der Waals surface area contributed by atoms with Crippen molar-refractivity contribution in [2.24, 2.45) is 5.92 Å². The van der Waals surface area contributed by atoms with Gasteiger partial charge in [-0.05, 0) is 32.1 Å². The number of carbonyl (C=O) groups is 1. The fraction of sp³-hybridized carbons (Fsp3) is 0.917. The first-order valence-corrected chi connectivity index (χ1v) is 6.08. The molecule has 1 amide bonds. The molecule has 1 aliphatic rings. The summed E-state index contributed by atoms with van der Waals surface area (Å²) >= 11 is 0. The molecule has 2 unspecified atom stereocenters. The smallest absolute Gasteiger partial charge is 0.248 e. The summed E-state index contributed by atoms with van der Waals surface area (Å²) in [4.78, 5) is 13.2. The molecular formula is C12H23NO3. The molecule has 0 radical (unpaired) electrons. The van der Waals surface area contributed by atoms with Crippen LogP contribution in [0.15, 0.2) is 0 Å². The maximum absolute atomic E-state index is 11.6. The van der Waals surface area contributed by atoms with Crippen molar-refractivity contribution in [3.63, 3.8) is 0 Å². The Kier molecular flexibility index (Phi) is 5.22. The van der Waals surface area contributed by atoms with Crippen LogP contribution in [0.1, 0.15) is 33.1 Å². The van der Waals surface area contributed by atoms with Crippen molar-refractivity contribution in [2.45, 2.75) is 45.3 Å². The molecule has 1 aliphatic carbocycles. The van der Waals surface area contributed by atoms with Gasteiger partial charge in [-0.25, -0.2) is 0 Å². The number of nitrogens with zero attached hydrogens (tertiary/aromatic N) is 1. The summed E-state index contributed by atoms with van der Waals surface area (Å²) in [6.07, 6.45) is 2.84. The zero-order valence-electron chi connectivity index (χ0n) is 10.5. The van der Waals surface area contributed by atoms with Crippen LogP contribution < -0.4 is 0 Å². The predicted octanol–water partition coefficient (Wildman–Crippen LogP) is 1.03. The Morgan fingerprint density at radius 3 is 2.69 bits per heavy atom.